The molecule has 1 atom stereocenters. The van der Waals surface area contributed by atoms with Gasteiger partial charge in [0, 0.05) is 11.4 Å². The van der Waals surface area contributed by atoms with E-state index in [1.54, 1.807) is 19.9 Å². The van der Waals surface area contributed by atoms with Crippen molar-refractivity contribution < 1.29 is 8.42 Å². The van der Waals surface area contributed by atoms with E-state index in [9.17, 15) is 8.42 Å². The van der Waals surface area contributed by atoms with Gasteiger partial charge in [-0.15, -0.1) is 0 Å². The second kappa shape index (κ2) is 5.32. The van der Waals surface area contributed by atoms with Crippen LogP contribution in [0.4, 0.5) is 0 Å². The number of piperidine rings is 1. The molecule has 1 saturated heterocycles. The number of hydrogen-bond donors (Lipinski definition) is 1. The van der Waals surface area contributed by atoms with Gasteiger partial charge in [-0.05, 0) is 51.8 Å². The van der Waals surface area contributed by atoms with Crippen molar-refractivity contribution in [1.29, 1.82) is 0 Å². The fourth-order valence-corrected chi connectivity index (χ4v) is 3.90. The largest absolute Gasteiger partial charge is 0.316 e. The van der Waals surface area contributed by atoms with Crippen molar-refractivity contribution in [3.05, 3.63) is 17.5 Å². The second-order valence-electron chi connectivity index (χ2n) is 4.93. The summed E-state index contributed by atoms with van der Waals surface area (Å²) in [4.78, 5) is 8.10. The highest BCUT2D eigenvalue weighted by atomic mass is 32.2. The van der Waals surface area contributed by atoms with Gasteiger partial charge in [0.25, 0.3) is 0 Å². The normalized spacial score (nSPS) is 20.9. The molecule has 1 aromatic rings. The molecule has 2 heterocycles. The van der Waals surface area contributed by atoms with Crippen LogP contribution in [0.3, 0.4) is 0 Å². The zero-order chi connectivity index (χ0) is 13.2. The highest BCUT2D eigenvalue weighted by Crippen LogP contribution is 2.16. The van der Waals surface area contributed by atoms with E-state index in [0.717, 1.165) is 25.9 Å². The maximum absolute atomic E-state index is 12.3. The molecule has 0 amide bonds. The van der Waals surface area contributed by atoms with Crippen LogP contribution in [0.1, 0.15) is 24.2 Å². The summed E-state index contributed by atoms with van der Waals surface area (Å²) in [5, 5.41) is 3.20. The van der Waals surface area contributed by atoms with Crippen molar-refractivity contribution >= 4 is 9.84 Å². The summed E-state index contributed by atoms with van der Waals surface area (Å²) < 4.78 is 24.5. The molecule has 6 heteroatoms. The van der Waals surface area contributed by atoms with Crippen LogP contribution < -0.4 is 5.32 Å². The zero-order valence-corrected chi connectivity index (χ0v) is 11.6. The topological polar surface area (TPSA) is 72.0 Å². The van der Waals surface area contributed by atoms with Gasteiger partial charge >= 0.3 is 0 Å². The van der Waals surface area contributed by atoms with Gasteiger partial charge in [0.05, 0.1) is 5.75 Å². The van der Waals surface area contributed by atoms with Crippen LogP contribution in [-0.2, 0) is 9.84 Å². The number of nitrogens with zero attached hydrogens (tertiary/aromatic N) is 2. The van der Waals surface area contributed by atoms with E-state index in [1.165, 1.54) is 0 Å². The van der Waals surface area contributed by atoms with E-state index in [4.69, 9.17) is 0 Å². The lowest BCUT2D eigenvalue weighted by Gasteiger charge is -2.22. The summed E-state index contributed by atoms with van der Waals surface area (Å²) in [6, 6.07) is 1.78. The average Bonchev–Trinajstić information content (AvgIpc) is 2.28. The van der Waals surface area contributed by atoms with E-state index in [-0.39, 0.29) is 16.8 Å². The quantitative estimate of drug-likeness (QED) is 0.824. The maximum atomic E-state index is 12.3. The number of hydrogen-bond acceptors (Lipinski definition) is 5. The molecule has 0 bridgehead atoms. The third kappa shape index (κ3) is 3.26. The molecular weight excluding hydrogens is 250 g/mol. The molecule has 100 valence electrons. The Labute approximate surface area is 108 Å². The number of rotatable bonds is 3. The Morgan fingerprint density at radius 1 is 1.33 bits per heavy atom. The Morgan fingerprint density at radius 3 is 2.56 bits per heavy atom. The van der Waals surface area contributed by atoms with Gasteiger partial charge in [0.15, 0.2) is 0 Å². The van der Waals surface area contributed by atoms with Crippen molar-refractivity contribution in [2.24, 2.45) is 5.92 Å². The highest BCUT2D eigenvalue weighted by Gasteiger charge is 2.25. The van der Waals surface area contributed by atoms with Crippen molar-refractivity contribution in [1.82, 2.24) is 15.3 Å². The lowest BCUT2D eigenvalue weighted by Crippen LogP contribution is -2.34. The highest BCUT2D eigenvalue weighted by molar-refractivity contribution is 7.91. The van der Waals surface area contributed by atoms with Crippen molar-refractivity contribution in [2.45, 2.75) is 31.8 Å². The van der Waals surface area contributed by atoms with Crippen LogP contribution in [0.2, 0.25) is 0 Å². The average molecular weight is 269 g/mol. The molecular formula is C12H19N3O2S. The third-order valence-electron chi connectivity index (χ3n) is 3.09. The Kier molecular flexibility index (Phi) is 3.97. The number of sulfone groups is 1. The van der Waals surface area contributed by atoms with E-state index >= 15 is 0 Å². The van der Waals surface area contributed by atoms with Crippen LogP contribution in [0, 0.1) is 19.8 Å². The van der Waals surface area contributed by atoms with Crippen LogP contribution in [-0.4, -0.2) is 37.2 Å². The predicted octanol–water partition coefficient (Wildman–Crippen LogP) is 0.867. The molecule has 1 aliphatic rings. The molecule has 1 fully saturated rings. The minimum Gasteiger partial charge on any atom is -0.316 e. The van der Waals surface area contributed by atoms with Gasteiger partial charge in [0.2, 0.25) is 15.0 Å². The molecule has 0 spiro atoms. The van der Waals surface area contributed by atoms with Crippen LogP contribution >= 0.6 is 0 Å². The Morgan fingerprint density at radius 2 is 2.00 bits per heavy atom. The molecule has 0 unspecified atom stereocenters. The summed E-state index contributed by atoms with van der Waals surface area (Å²) in [6.45, 7) is 5.33. The number of nitrogens with one attached hydrogen (secondary N) is 1. The Hall–Kier alpha value is -1.01. The van der Waals surface area contributed by atoms with Gasteiger partial charge < -0.3 is 5.32 Å². The summed E-state index contributed by atoms with van der Waals surface area (Å²) >= 11 is 0. The number of aromatic nitrogens is 2. The SMILES string of the molecule is Cc1cc(C)nc(S(=O)(=O)C[C@H]2CCCNC2)n1. The van der Waals surface area contributed by atoms with Crippen molar-refractivity contribution in [3.8, 4) is 0 Å². The molecule has 1 aliphatic heterocycles. The van der Waals surface area contributed by atoms with Crippen LogP contribution in [0.25, 0.3) is 0 Å². The van der Waals surface area contributed by atoms with Crippen LogP contribution in [0.15, 0.2) is 11.2 Å². The standard InChI is InChI=1S/C12H19N3O2S/c1-9-6-10(2)15-12(14-9)18(16,17)8-11-4-3-5-13-7-11/h6,11,13H,3-5,7-8H2,1-2H3/t11-/m0/s1. The monoisotopic (exact) mass is 269 g/mol. The van der Waals surface area contributed by atoms with Crippen molar-refractivity contribution in [3.63, 3.8) is 0 Å². The molecule has 1 N–H and O–H groups in total. The second-order valence-corrected chi connectivity index (χ2v) is 6.86. The summed E-state index contributed by atoms with van der Waals surface area (Å²) in [6.07, 6.45) is 1.99. The molecule has 18 heavy (non-hydrogen) atoms. The van der Waals surface area contributed by atoms with Gasteiger partial charge in [-0.1, -0.05) is 0 Å². The van der Waals surface area contributed by atoms with E-state index in [1.807, 2.05) is 0 Å². The first-order valence-electron chi connectivity index (χ1n) is 6.23. The summed E-state index contributed by atoms with van der Waals surface area (Å²) in [5.41, 5.74) is 1.39. The summed E-state index contributed by atoms with van der Waals surface area (Å²) in [5.74, 6) is 0.316. The zero-order valence-electron chi connectivity index (χ0n) is 10.8. The third-order valence-corrected chi connectivity index (χ3v) is 4.74. The fourth-order valence-electron chi connectivity index (χ4n) is 2.28. The fraction of sp³-hybridized carbons (Fsp3) is 0.667. The van der Waals surface area contributed by atoms with Crippen LogP contribution in [0.5, 0.6) is 0 Å². The first kappa shape index (κ1) is 13.4. The first-order valence-corrected chi connectivity index (χ1v) is 7.88. The van der Waals surface area contributed by atoms with E-state index < -0.39 is 9.84 Å². The predicted molar refractivity (Wildman–Crippen MR) is 69.2 cm³/mol. The molecule has 0 aromatic carbocycles. The lowest BCUT2D eigenvalue weighted by molar-refractivity contribution is 0.403. The smallest absolute Gasteiger partial charge is 0.247 e. The van der Waals surface area contributed by atoms with Gasteiger partial charge in [-0.2, -0.15) is 0 Å². The Balaban J connectivity index is 2.19. The van der Waals surface area contributed by atoms with Gasteiger partial charge in [-0.3, -0.25) is 0 Å². The summed E-state index contributed by atoms with van der Waals surface area (Å²) in [7, 11) is -3.37. The van der Waals surface area contributed by atoms with Gasteiger partial charge in [-0.25, -0.2) is 18.4 Å². The van der Waals surface area contributed by atoms with Crippen molar-refractivity contribution in [2.75, 3.05) is 18.8 Å². The minimum absolute atomic E-state index is 0.0226. The minimum atomic E-state index is -3.37. The maximum Gasteiger partial charge on any atom is 0.247 e. The number of aryl methyl sites for hydroxylation is 2. The molecule has 0 radical (unpaired) electrons. The first-order chi connectivity index (χ1) is 8.47. The van der Waals surface area contributed by atoms with E-state index in [0.29, 0.717) is 11.4 Å². The van der Waals surface area contributed by atoms with E-state index in [2.05, 4.69) is 15.3 Å². The molecule has 5 nitrogen and oxygen atoms in total. The molecule has 2 rings (SSSR count). The van der Waals surface area contributed by atoms with Gasteiger partial charge in [0.1, 0.15) is 0 Å². The molecule has 0 aliphatic carbocycles. The lowest BCUT2D eigenvalue weighted by atomic mass is 10.0. The Bertz CT molecular complexity index is 502. The molecule has 0 saturated carbocycles. The molecule has 1 aromatic heterocycles.